The van der Waals surface area contributed by atoms with Gasteiger partial charge in [-0.1, -0.05) is 12.1 Å². The molecule has 0 unspecified atom stereocenters. The Morgan fingerprint density at radius 2 is 1.81 bits per heavy atom. The average molecular weight is 603 g/mol. The fourth-order valence-corrected chi connectivity index (χ4v) is 5.72. The molecular weight excluding hydrogens is 565 g/mol. The molecule has 1 saturated carbocycles. The molecule has 1 saturated heterocycles. The molecule has 2 atom stereocenters. The Hall–Kier alpha value is -4.03. The Kier molecular flexibility index (Phi) is 7.72. The molecule has 0 spiro atoms. The molecule has 1 aliphatic carbocycles. The minimum Gasteiger partial charge on any atom is -0.444 e. The maximum Gasteiger partial charge on any atom is 0.416 e. The quantitative estimate of drug-likeness (QED) is 0.407. The third kappa shape index (κ3) is 6.21. The molecule has 1 aromatic carbocycles. The van der Waals surface area contributed by atoms with Crippen molar-refractivity contribution in [1.82, 2.24) is 19.7 Å². The highest BCUT2D eigenvalue weighted by atomic mass is 19.4. The van der Waals surface area contributed by atoms with E-state index in [-0.39, 0.29) is 40.1 Å². The van der Waals surface area contributed by atoms with E-state index in [9.17, 15) is 27.6 Å². The van der Waals surface area contributed by atoms with Crippen LogP contribution in [0.4, 0.5) is 29.5 Å². The molecule has 2 aromatic heterocycles. The number of nitrogens with one attached hydrogen (secondary N) is 2. The van der Waals surface area contributed by atoms with Crippen LogP contribution in [0.25, 0.3) is 10.8 Å². The van der Waals surface area contributed by atoms with Gasteiger partial charge in [-0.2, -0.15) is 18.3 Å². The molecule has 43 heavy (non-hydrogen) atoms. The highest BCUT2D eigenvalue weighted by Crippen LogP contribution is 2.38. The fourth-order valence-electron chi connectivity index (χ4n) is 5.72. The number of aryl methyl sites for hydroxylation is 1. The Morgan fingerprint density at radius 1 is 1.12 bits per heavy atom. The lowest BCUT2D eigenvalue weighted by Gasteiger charge is -2.24. The maximum atomic E-state index is 13.9. The molecule has 2 N–H and O–H groups in total. The summed E-state index contributed by atoms with van der Waals surface area (Å²) in [5, 5.41) is 11.1. The van der Waals surface area contributed by atoms with E-state index in [0.29, 0.717) is 30.5 Å². The van der Waals surface area contributed by atoms with E-state index in [1.165, 1.54) is 20.0 Å². The zero-order valence-electron chi connectivity index (χ0n) is 25.1. The number of pyridine rings is 1. The maximum absolute atomic E-state index is 13.9. The second-order valence-corrected chi connectivity index (χ2v) is 12.4. The second kappa shape index (κ2) is 10.9. The molecule has 0 bridgehead atoms. The van der Waals surface area contributed by atoms with Crippen molar-refractivity contribution in [3.63, 3.8) is 0 Å². The Balaban J connectivity index is 1.56. The van der Waals surface area contributed by atoms with Crippen LogP contribution in [0, 0.1) is 6.92 Å². The highest BCUT2D eigenvalue weighted by molar-refractivity contribution is 5.99. The first-order valence-electron chi connectivity index (χ1n) is 14.4. The molecule has 2 fully saturated rings. The first-order valence-corrected chi connectivity index (χ1v) is 14.4. The number of alkyl carbamates (subject to hydrolysis) is 1. The molecule has 1 aliphatic heterocycles. The minimum atomic E-state index is -4.50. The highest BCUT2D eigenvalue weighted by Gasteiger charge is 2.35. The van der Waals surface area contributed by atoms with E-state index in [2.05, 4.69) is 15.7 Å². The van der Waals surface area contributed by atoms with Crippen molar-refractivity contribution in [2.45, 2.75) is 83.8 Å². The van der Waals surface area contributed by atoms with Crippen LogP contribution >= 0.6 is 0 Å². The molecule has 3 heterocycles. The number of aromatic nitrogens is 3. The van der Waals surface area contributed by atoms with Crippen molar-refractivity contribution in [2.75, 3.05) is 23.3 Å². The predicted octanol–water partition coefficient (Wildman–Crippen LogP) is 5.03. The van der Waals surface area contributed by atoms with Gasteiger partial charge in [-0.3, -0.25) is 9.59 Å². The second-order valence-electron chi connectivity index (χ2n) is 12.4. The number of rotatable bonds is 6. The van der Waals surface area contributed by atoms with Crippen molar-refractivity contribution < 1.29 is 22.7 Å². The van der Waals surface area contributed by atoms with Gasteiger partial charge in [0, 0.05) is 32.4 Å². The number of fused-ring (bicyclic) bond motifs is 1. The van der Waals surface area contributed by atoms with Gasteiger partial charge in [0.1, 0.15) is 11.3 Å². The number of carbonyl (C=O) groups excluding carboxylic acids is 1. The first-order chi connectivity index (χ1) is 20.0. The summed E-state index contributed by atoms with van der Waals surface area (Å²) in [6.45, 7) is 9.20. The predicted molar refractivity (Wildman–Crippen MR) is 158 cm³/mol. The number of hydrogen-bond donors (Lipinski definition) is 2. The Bertz CT molecular complexity index is 1690. The molecule has 5 rings (SSSR count). The lowest BCUT2D eigenvalue weighted by Crippen LogP contribution is -2.41. The summed E-state index contributed by atoms with van der Waals surface area (Å²) in [6.07, 6.45) is -1.25. The van der Waals surface area contributed by atoms with Crippen LogP contribution in [-0.2, 0) is 18.0 Å². The van der Waals surface area contributed by atoms with Crippen LogP contribution in [0.1, 0.15) is 75.7 Å². The third-order valence-electron chi connectivity index (χ3n) is 7.89. The lowest BCUT2D eigenvalue weighted by molar-refractivity contribution is -0.138. The van der Waals surface area contributed by atoms with Crippen molar-refractivity contribution in [2.24, 2.45) is 7.05 Å². The SMILES string of the molecule is Cc1c([C@@H](C)Nc2nn(C)c(=O)c3c(N4CC[C@@H](NC(=O)OC(C)(C)C)C4)c(=O)n(C4CC4)cc23)cccc1C(F)(F)F. The number of alkyl halides is 3. The number of ether oxygens (including phenoxy) is 1. The number of amides is 1. The number of halogens is 3. The Morgan fingerprint density at radius 3 is 2.44 bits per heavy atom. The summed E-state index contributed by atoms with van der Waals surface area (Å²) in [7, 11) is 1.47. The first kappa shape index (κ1) is 30.4. The van der Waals surface area contributed by atoms with Gasteiger partial charge in [0.05, 0.1) is 28.4 Å². The smallest absolute Gasteiger partial charge is 0.416 e. The van der Waals surface area contributed by atoms with Gasteiger partial charge in [-0.05, 0) is 71.1 Å². The molecule has 10 nitrogen and oxygen atoms in total. The van der Waals surface area contributed by atoms with Crippen molar-refractivity contribution in [3.8, 4) is 0 Å². The average Bonchev–Trinajstić information content (AvgIpc) is 3.63. The summed E-state index contributed by atoms with van der Waals surface area (Å²) in [4.78, 5) is 41.7. The number of carbonyl (C=O) groups is 1. The summed E-state index contributed by atoms with van der Waals surface area (Å²) >= 11 is 0. The third-order valence-corrected chi connectivity index (χ3v) is 7.89. The number of hydrogen-bond acceptors (Lipinski definition) is 7. The zero-order chi connectivity index (χ0) is 31.4. The van der Waals surface area contributed by atoms with Crippen LogP contribution in [0.5, 0.6) is 0 Å². The largest absolute Gasteiger partial charge is 0.444 e. The number of anilines is 2. The molecule has 3 aromatic rings. The van der Waals surface area contributed by atoms with Gasteiger partial charge in [0.25, 0.3) is 11.1 Å². The monoisotopic (exact) mass is 602 g/mol. The summed E-state index contributed by atoms with van der Waals surface area (Å²) in [5.74, 6) is 0.277. The van der Waals surface area contributed by atoms with E-state index in [0.717, 1.165) is 23.6 Å². The summed E-state index contributed by atoms with van der Waals surface area (Å²) in [5.41, 5.74) is -1.39. The van der Waals surface area contributed by atoms with Gasteiger partial charge in [-0.15, -0.1) is 0 Å². The number of nitrogens with zero attached hydrogens (tertiary/aromatic N) is 4. The van der Waals surface area contributed by atoms with Crippen molar-refractivity contribution in [1.29, 1.82) is 0 Å². The minimum absolute atomic E-state index is 0.0195. The van der Waals surface area contributed by atoms with Gasteiger partial charge in [-0.25, -0.2) is 9.48 Å². The molecule has 232 valence electrons. The van der Waals surface area contributed by atoms with E-state index in [1.54, 1.807) is 44.5 Å². The lowest BCUT2D eigenvalue weighted by atomic mass is 9.97. The molecule has 1 amide bonds. The van der Waals surface area contributed by atoms with Crippen LogP contribution in [0.15, 0.2) is 34.0 Å². The fraction of sp³-hybridized carbons (Fsp3) is 0.533. The van der Waals surface area contributed by atoms with Gasteiger partial charge < -0.3 is 24.8 Å². The normalized spacial score (nSPS) is 18.2. The molecular formula is C30H37F3N6O4. The molecule has 0 radical (unpaired) electrons. The molecule has 2 aliphatic rings. The van der Waals surface area contributed by atoms with E-state index in [1.807, 2.05) is 4.90 Å². The standard InChI is InChI=1S/C30H37F3N6O4/c1-16-20(8-7-9-22(16)30(31,32)33)17(2)34-25-21-15-39(19-10-11-19)27(41)24(23(21)26(40)37(6)36-25)38-13-12-18(14-38)35-28(42)43-29(3,4)5/h7-9,15,17-19H,10-14H2,1-6H3,(H,34,36)(H,35,42)/t17-,18-/m1/s1. The van der Waals surface area contributed by atoms with E-state index < -0.39 is 35.0 Å². The Labute approximate surface area is 246 Å². The van der Waals surface area contributed by atoms with Crippen molar-refractivity contribution in [3.05, 3.63) is 61.8 Å². The number of benzene rings is 1. The van der Waals surface area contributed by atoms with Crippen molar-refractivity contribution >= 4 is 28.4 Å². The zero-order valence-corrected chi connectivity index (χ0v) is 25.1. The van der Waals surface area contributed by atoms with Gasteiger partial charge in [0.15, 0.2) is 5.82 Å². The van der Waals surface area contributed by atoms with Gasteiger partial charge in [0.2, 0.25) is 0 Å². The van der Waals surface area contributed by atoms with Crippen LogP contribution < -0.4 is 26.7 Å². The topological polar surface area (TPSA) is 110 Å². The van der Waals surface area contributed by atoms with Crippen LogP contribution in [-0.4, -0.2) is 45.2 Å². The van der Waals surface area contributed by atoms with Crippen LogP contribution in [0.2, 0.25) is 0 Å². The van der Waals surface area contributed by atoms with E-state index >= 15 is 0 Å². The summed E-state index contributed by atoms with van der Waals surface area (Å²) in [6, 6.07) is 3.12. The van der Waals surface area contributed by atoms with E-state index in [4.69, 9.17) is 4.74 Å². The van der Waals surface area contributed by atoms with Crippen LogP contribution in [0.3, 0.4) is 0 Å². The van der Waals surface area contributed by atoms with Gasteiger partial charge >= 0.3 is 12.3 Å². The molecule has 13 heteroatoms. The summed E-state index contributed by atoms with van der Waals surface area (Å²) < 4.78 is 49.0.